The third-order valence-electron chi connectivity index (χ3n) is 3.08. The zero-order valence-electron chi connectivity index (χ0n) is 12.3. The maximum Gasteiger partial charge on any atom is 0.307 e. The van der Waals surface area contributed by atoms with Gasteiger partial charge in [0.15, 0.2) is 0 Å². The summed E-state index contributed by atoms with van der Waals surface area (Å²) in [4.78, 5) is 12.5. The third kappa shape index (κ3) is 4.16. The monoisotopic (exact) mass is 339 g/mol. The van der Waals surface area contributed by atoms with Crippen LogP contribution in [0.1, 0.15) is 22.9 Å². The van der Waals surface area contributed by atoms with Crippen LogP contribution in [0.15, 0.2) is 46.7 Å². The van der Waals surface area contributed by atoms with E-state index >= 15 is 0 Å². The Balaban J connectivity index is 2.28. The fourth-order valence-electron chi connectivity index (χ4n) is 1.96. The predicted octanol–water partition coefficient (Wildman–Crippen LogP) is 2.64. The average molecular weight is 339 g/mol. The summed E-state index contributed by atoms with van der Waals surface area (Å²) >= 11 is 1.19. The molecule has 1 aromatic carbocycles. The van der Waals surface area contributed by atoms with Gasteiger partial charge in [-0.1, -0.05) is 30.3 Å². The number of ether oxygens (including phenoxy) is 1. The zero-order chi connectivity index (χ0) is 16.2. The number of nitrogens with one attached hydrogen (secondary N) is 1. The van der Waals surface area contributed by atoms with E-state index in [0.717, 1.165) is 4.88 Å². The largest absolute Gasteiger partial charge is 0.469 e. The van der Waals surface area contributed by atoms with E-state index in [1.807, 2.05) is 13.0 Å². The molecule has 1 heterocycles. The number of sulfonamides is 1. The Bertz CT molecular complexity index is 738. The molecule has 1 N–H and O–H groups in total. The molecule has 1 aromatic heterocycles. The standard InChI is InChI=1S/C15H17NO4S2/c1-11-8-9-15(21-11)22(18,19)16-13(10-14(17)20-2)12-6-4-3-5-7-12/h3-9,13,16H,10H2,1-2H3/t13-/m1/s1. The number of hydrogen-bond acceptors (Lipinski definition) is 5. The molecule has 2 rings (SSSR count). The van der Waals surface area contributed by atoms with Gasteiger partial charge >= 0.3 is 5.97 Å². The van der Waals surface area contributed by atoms with Gasteiger partial charge in [0.1, 0.15) is 4.21 Å². The van der Waals surface area contributed by atoms with Crippen LogP contribution in [-0.4, -0.2) is 21.5 Å². The van der Waals surface area contributed by atoms with Crippen LogP contribution in [-0.2, 0) is 19.6 Å². The van der Waals surface area contributed by atoms with Gasteiger partial charge in [-0.25, -0.2) is 13.1 Å². The highest BCUT2D eigenvalue weighted by atomic mass is 32.2. The highest BCUT2D eigenvalue weighted by Gasteiger charge is 2.25. The van der Waals surface area contributed by atoms with Gasteiger partial charge in [0.25, 0.3) is 10.0 Å². The molecular weight excluding hydrogens is 322 g/mol. The van der Waals surface area contributed by atoms with Crippen LogP contribution >= 0.6 is 11.3 Å². The minimum absolute atomic E-state index is 0.0654. The number of carbonyl (C=O) groups excluding carboxylic acids is 1. The molecule has 0 aliphatic carbocycles. The number of hydrogen-bond donors (Lipinski definition) is 1. The van der Waals surface area contributed by atoms with Gasteiger partial charge in [0.05, 0.1) is 19.6 Å². The summed E-state index contributed by atoms with van der Waals surface area (Å²) in [6, 6.07) is 11.6. The average Bonchev–Trinajstić information content (AvgIpc) is 2.94. The summed E-state index contributed by atoms with van der Waals surface area (Å²) in [5.41, 5.74) is 0.713. The number of rotatable bonds is 6. The summed E-state index contributed by atoms with van der Waals surface area (Å²) in [5, 5.41) is 0. The summed E-state index contributed by atoms with van der Waals surface area (Å²) < 4.78 is 32.4. The lowest BCUT2D eigenvalue weighted by Gasteiger charge is -2.17. The summed E-state index contributed by atoms with van der Waals surface area (Å²) in [7, 11) is -2.40. The van der Waals surface area contributed by atoms with E-state index in [-0.39, 0.29) is 10.6 Å². The van der Waals surface area contributed by atoms with Crippen molar-refractivity contribution in [2.75, 3.05) is 7.11 Å². The van der Waals surface area contributed by atoms with E-state index < -0.39 is 22.0 Å². The van der Waals surface area contributed by atoms with Crippen LogP contribution in [0.2, 0.25) is 0 Å². The molecule has 0 amide bonds. The van der Waals surface area contributed by atoms with Crippen molar-refractivity contribution in [1.82, 2.24) is 4.72 Å². The van der Waals surface area contributed by atoms with Crippen molar-refractivity contribution in [3.63, 3.8) is 0 Å². The van der Waals surface area contributed by atoms with Gasteiger partial charge in [-0.3, -0.25) is 4.79 Å². The molecule has 22 heavy (non-hydrogen) atoms. The molecule has 5 nitrogen and oxygen atoms in total. The van der Waals surface area contributed by atoms with Crippen molar-refractivity contribution in [3.8, 4) is 0 Å². The second-order valence-corrected chi connectivity index (χ2v) is 7.96. The lowest BCUT2D eigenvalue weighted by atomic mass is 10.1. The van der Waals surface area contributed by atoms with Crippen molar-refractivity contribution in [3.05, 3.63) is 52.9 Å². The number of esters is 1. The first kappa shape index (κ1) is 16.7. The Morgan fingerprint density at radius 1 is 1.23 bits per heavy atom. The van der Waals surface area contributed by atoms with Crippen LogP contribution in [0, 0.1) is 6.92 Å². The molecule has 0 aliphatic heterocycles. The quantitative estimate of drug-likeness (QED) is 0.821. The number of benzene rings is 1. The first-order valence-electron chi connectivity index (χ1n) is 6.63. The van der Waals surface area contributed by atoms with Crippen LogP contribution < -0.4 is 4.72 Å². The van der Waals surface area contributed by atoms with Crippen LogP contribution in [0.3, 0.4) is 0 Å². The molecule has 0 saturated heterocycles. The summed E-state index contributed by atoms with van der Waals surface area (Å²) in [6.07, 6.45) is -0.0654. The van der Waals surface area contributed by atoms with Gasteiger partial charge in [0.2, 0.25) is 0 Å². The van der Waals surface area contributed by atoms with Gasteiger partial charge in [-0.15, -0.1) is 11.3 Å². The highest BCUT2D eigenvalue weighted by Crippen LogP contribution is 2.25. The highest BCUT2D eigenvalue weighted by molar-refractivity contribution is 7.91. The Hall–Kier alpha value is -1.70. The van der Waals surface area contributed by atoms with Crippen molar-refractivity contribution >= 4 is 27.3 Å². The fourth-order valence-corrected chi connectivity index (χ4v) is 4.49. The van der Waals surface area contributed by atoms with Crippen molar-refractivity contribution < 1.29 is 17.9 Å². The molecule has 0 spiro atoms. The topological polar surface area (TPSA) is 72.5 Å². The van der Waals surface area contributed by atoms with Crippen LogP contribution in [0.25, 0.3) is 0 Å². The molecule has 0 bridgehead atoms. The van der Waals surface area contributed by atoms with Gasteiger partial charge in [-0.2, -0.15) is 0 Å². The Morgan fingerprint density at radius 2 is 1.91 bits per heavy atom. The molecule has 0 saturated carbocycles. The maximum absolute atomic E-state index is 12.4. The molecule has 0 radical (unpaired) electrons. The number of aryl methyl sites for hydroxylation is 1. The van der Waals surface area contributed by atoms with E-state index in [1.54, 1.807) is 36.4 Å². The normalized spacial score (nSPS) is 12.8. The van der Waals surface area contributed by atoms with E-state index in [2.05, 4.69) is 9.46 Å². The van der Waals surface area contributed by atoms with E-state index in [4.69, 9.17) is 0 Å². The van der Waals surface area contributed by atoms with Crippen molar-refractivity contribution in [1.29, 1.82) is 0 Å². The summed E-state index contributed by atoms with van der Waals surface area (Å²) in [5.74, 6) is -0.473. The Kier molecular flexibility index (Phi) is 5.33. The minimum atomic E-state index is -3.68. The molecular formula is C15H17NO4S2. The van der Waals surface area contributed by atoms with E-state index in [0.29, 0.717) is 5.56 Å². The first-order chi connectivity index (χ1) is 10.4. The predicted molar refractivity (Wildman–Crippen MR) is 85.2 cm³/mol. The van der Waals surface area contributed by atoms with Gasteiger partial charge in [-0.05, 0) is 24.6 Å². The second-order valence-electron chi connectivity index (χ2n) is 4.73. The third-order valence-corrected chi connectivity index (χ3v) is 6.04. The first-order valence-corrected chi connectivity index (χ1v) is 8.93. The molecule has 2 aromatic rings. The fraction of sp³-hybridized carbons (Fsp3) is 0.267. The molecule has 1 atom stereocenters. The van der Waals surface area contributed by atoms with E-state index in [9.17, 15) is 13.2 Å². The molecule has 7 heteroatoms. The van der Waals surface area contributed by atoms with Gasteiger partial charge < -0.3 is 4.74 Å². The number of thiophene rings is 1. The summed E-state index contributed by atoms with van der Waals surface area (Å²) in [6.45, 7) is 1.84. The van der Waals surface area contributed by atoms with E-state index in [1.165, 1.54) is 18.4 Å². The van der Waals surface area contributed by atoms with Crippen molar-refractivity contribution in [2.24, 2.45) is 0 Å². The minimum Gasteiger partial charge on any atom is -0.469 e. The zero-order valence-corrected chi connectivity index (χ0v) is 13.9. The van der Waals surface area contributed by atoms with Crippen molar-refractivity contribution in [2.45, 2.75) is 23.6 Å². The smallest absolute Gasteiger partial charge is 0.307 e. The number of methoxy groups -OCH3 is 1. The Labute approximate surface area is 134 Å². The molecule has 0 unspecified atom stereocenters. The molecule has 0 fully saturated rings. The van der Waals surface area contributed by atoms with Crippen LogP contribution in [0.4, 0.5) is 0 Å². The molecule has 0 aliphatic rings. The Morgan fingerprint density at radius 3 is 2.45 bits per heavy atom. The lowest BCUT2D eigenvalue weighted by molar-refractivity contribution is -0.141. The lowest BCUT2D eigenvalue weighted by Crippen LogP contribution is -2.30. The SMILES string of the molecule is COC(=O)C[C@@H](NS(=O)(=O)c1ccc(C)s1)c1ccccc1. The number of carbonyl (C=O) groups is 1. The van der Waals surface area contributed by atoms with Gasteiger partial charge in [0, 0.05) is 4.88 Å². The molecule has 118 valence electrons. The maximum atomic E-state index is 12.4. The van der Waals surface area contributed by atoms with Crippen LogP contribution in [0.5, 0.6) is 0 Å². The second kappa shape index (κ2) is 7.04.